The maximum Gasteiger partial charge on any atom is 0.357 e. The molecule has 1 aliphatic rings. The number of ether oxygens (including phenoxy) is 2. The van der Waals surface area contributed by atoms with Crippen LogP contribution in [0.3, 0.4) is 0 Å². The van der Waals surface area contributed by atoms with Crippen LogP contribution in [-0.2, 0) is 9.47 Å². The normalized spacial score (nSPS) is 25.5. The highest BCUT2D eigenvalue weighted by molar-refractivity contribution is 7.09. The van der Waals surface area contributed by atoms with Crippen LogP contribution in [0, 0.1) is 0 Å². The second-order valence-electron chi connectivity index (χ2n) is 3.58. The molecule has 1 aliphatic heterocycles. The van der Waals surface area contributed by atoms with Crippen molar-refractivity contribution in [3.63, 3.8) is 0 Å². The second-order valence-corrected chi connectivity index (χ2v) is 4.46. The van der Waals surface area contributed by atoms with Gasteiger partial charge in [0.1, 0.15) is 11.1 Å². The van der Waals surface area contributed by atoms with Crippen molar-refractivity contribution in [3.05, 3.63) is 16.1 Å². The topological polar surface area (TPSA) is 48.4 Å². The van der Waals surface area contributed by atoms with Crippen molar-refractivity contribution in [2.24, 2.45) is 0 Å². The van der Waals surface area contributed by atoms with Gasteiger partial charge in [-0.3, -0.25) is 0 Å². The van der Waals surface area contributed by atoms with Crippen LogP contribution in [0.25, 0.3) is 0 Å². The number of carbonyl (C=O) groups excluding carboxylic acids is 1. The van der Waals surface area contributed by atoms with Gasteiger partial charge in [-0.25, -0.2) is 9.78 Å². The molecule has 0 N–H and O–H groups in total. The Morgan fingerprint density at radius 1 is 1.67 bits per heavy atom. The van der Waals surface area contributed by atoms with E-state index in [1.165, 1.54) is 18.4 Å². The molecule has 2 atom stereocenters. The minimum absolute atomic E-state index is 0.0587. The van der Waals surface area contributed by atoms with Gasteiger partial charge in [0.05, 0.1) is 13.2 Å². The number of carbonyl (C=O) groups is 1. The van der Waals surface area contributed by atoms with Crippen LogP contribution in [-0.4, -0.2) is 24.2 Å². The molecule has 0 saturated carbocycles. The standard InChI is InChI=1S/C10H13NO3S/c1-6-3-4-8(14-6)9-11-7(5-15-9)10(12)13-2/h5-6,8H,3-4H2,1-2H3. The van der Waals surface area contributed by atoms with Crippen LogP contribution in [0.1, 0.15) is 41.4 Å². The number of hydrogen-bond acceptors (Lipinski definition) is 5. The predicted octanol–water partition coefficient (Wildman–Crippen LogP) is 2.17. The summed E-state index contributed by atoms with van der Waals surface area (Å²) < 4.78 is 10.3. The van der Waals surface area contributed by atoms with E-state index in [1.807, 2.05) is 0 Å². The maximum absolute atomic E-state index is 11.2. The van der Waals surface area contributed by atoms with E-state index in [-0.39, 0.29) is 12.1 Å². The number of aromatic nitrogens is 1. The van der Waals surface area contributed by atoms with E-state index in [1.54, 1.807) is 5.38 Å². The van der Waals surface area contributed by atoms with Gasteiger partial charge in [-0.15, -0.1) is 11.3 Å². The third kappa shape index (κ3) is 2.18. The van der Waals surface area contributed by atoms with E-state index >= 15 is 0 Å². The summed E-state index contributed by atoms with van der Waals surface area (Å²) in [6, 6.07) is 0. The first-order valence-electron chi connectivity index (χ1n) is 4.90. The lowest BCUT2D eigenvalue weighted by Crippen LogP contribution is -2.04. The first kappa shape index (κ1) is 10.6. The average molecular weight is 227 g/mol. The fourth-order valence-corrected chi connectivity index (χ4v) is 2.48. The molecule has 0 radical (unpaired) electrons. The molecule has 5 heteroatoms. The largest absolute Gasteiger partial charge is 0.464 e. The first-order valence-corrected chi connectivity index (χ1v) is 5.78. The number of esters is 1. The Labute approximate surface area is 92.2 Å². The number of thiazole rings is 1. The second kappa shape index (κ2) is 4.28. The number of rotatable bonds is 2. The summed E-state index contributed by atoms with van der Waals surface area (Å²) in [6.45, 7) is 2.05. The zero-order valence-electron chi connectivity index (χ0n) is 8.73. The lowest BCUT2D eigenvalue weighted by molar-refractivity contribution is 0.0543. The molecule has 1 aromatic rings. The van der Waals surface area contributed by atoms with Crippen molar-refractivity contribution in [2.45, 2.75) is 32.0 Å². The van der Waals surface area contributed by atoms with Crippen molar-refractivity contribution in [1.29, 1.82) is 0 Å². The summed E-state index contributed by atoms with van der Waals surface area (Å²) >= 11 is 1.46. The SMILES string of the molecule is COC(=O)c1csc(C2CCC(C)O2)n1. The van der Waals surface area contributed by atoms with E-state index in [0.717, 1.165) is 17.8 Å². The highest BCUT2D eigenvalue weighted by Crippen LogP contribution is 2.34. The van der Waals surface area contributed by atoms with Gasteiger partial charge in [0.25, 0.3) is 0 Å². The van der Waals surface area contributed by atoms with Crippen molar-refractivity contribution in [2.75, 3.05) is 7.11 Å². The Hall–Kier alpha value is -0.940. The molecule has 0 aromatic carbocycles. The third-order valence-corrected chi connectivity index (χ3v) is 3.36. The molecular weight excluding hydrogens is 214 g/mol. The summed E-state index contributed by atoms with van der Waals surface area (Å²) in [5.74, 6) is -0.386. The number of methoxy groups -OCH3 is 1. The molecule has 4 nitrogen and oxygen atoms in total. The molecule has 0 amide bonds. The Balaban J connectivity index is 2.10. The molecular formula is C10H13NO3S. The van der Waals surface area contributed by atoms with Crippen LogP contribution in [0.4, 0.5) is 0 Å². The molecule has 2 unspecified atom stereocenters. The Bertz CT molecular complexity index is 363. The van der Waals surface area contributed by atoms with Gasteiger partial charge < -0.3 is 9.47 Å². The highest BCUT2D eigenvalue weighted by Gasteiger charge is 2.26. The van der Waals surface area contributed by atoms with Crippen LogP contribution in [0.15, 0.2) is 5.38 Å². The zero-order valence-corrected chi connectivity index (χ0v) is 9.54. The average Bonchev–Trinajstić information content (AvgIpc) is 2.84. The van der Waals surface area contributed by atoms with Gasteiger partial charge in [-0.2, -0.15) is 0 Å². The molecule has 0 bridgehead atoms. The molecule has 1 aromatic heterocycles. The molecule has 1 fully saturated rings. The van der Waals surface area contributed by atoms with Gasteiger partial charge >= 0.3 is 5.97 Å². The number of hydrogen-bond donors (Lipinski definition) is 0. The summed E-state index contributed by atoms with van der Waals surface area (Å²) in [4.78, 5) is 15.4. The molecule has 82 valence electrons. The monoisotopic (exact) mass is 227 g/mol. The van der Waals surface area contributed by atoms with Crippen LogP contribution in [0.5, 0.6) is 0 Å². The molecule has 15 heavy (non-hydrogen) atoms. The van der Waals surface area contributed by atoms with E-state index in [9.17, 15) is 4.79 Å². The number of nitrogens with zero attached hydrogens (tertiary/aromatic N) is 1. The van der Waals surface area contributed by atoms with Gasteiger partial charge in [-0.1, -0.05) is 0 Å². The zero-order chi connectivity index (χ0) is 10.8. The maximum atomic E-state index is 11.2. The van der Waals surface area contributed by atoms with Crippen molar-refractivity contribution in [3.8, 4) is 0 Å². The summed E-state index contributed by atoms with van der Waals surface area (Å²) in [7, 11) is 1.36. The molecule has 0 aliphatic carbocycles. The summed E-state index contributed by atoms with van der Waals surface area (Å²) in [5.41, 5.74) is 0.376. The minimum Gasteiger partial charge on any atom is -0.464 e. The van der Waals surface area contributed by atoms with E-state index in [2.05, 4.69) is 16.6 Å². The highest BCUT2D eigenvalue weighted by atomic mass is 32.1. The van der Waals surface area contributed by atoms with Crippen LogP contribution >= 0.6 is 11.3 Å². The molecule has 2 heterocycles. The minimum atomic E-state index is -0.386. The summed E-state index contributed by atoms with van der Waals surface area (Å²) in [6.07, 6.45) is 2.39. The fourth-order valence-electron chi connectivity index (χ4n) is 1.62. The van der Waals surface area contributed by atoms with Gasteiger partial charge in [0, 0.05) is 5.38 Å². The van der Waals surface area contributed by atoms with Gasteiger partial charge in [0.15, 0.2) is 5.69 Å². The molecule has 0 spiro atoms. The van der Waals surface area contributed by atoms with Crippen molar-refractivity contribution < 1.29 is 14.3 Å². The van der Waals surface area contributed by atoms with Crippen molar-refractivity contribution in [1.82, 2.24) is 4.98 Å². The fraction of sp³-hybridized carbons (Fsp3) is 0.600. The predicted molar refractivity (Wildman–Crippen MR) is 56.0 cm³/mol. The van der Waals surface area contributed by atoms with Crippen LogP contribution in [0.2, 0.25) is 0 Å². The summed E-state index contributed by atoms with van der Waals surface area (Å²) in [5, 5.41) is 2.59. The van der Waals surface area contributed by atoms with Crippen LogP contribution < -0.4 is 0 Å². The lowest BCUT2D eigenvalue weighted by atomic mass is 10.2. The molecule has 2 rings (SSSR count). The lowest BCUT2D eigenvalue weighted by Gasteiger charge is -2.06. The van der Waals surface area contributed by atoms with E-state index < -0.39 is 0 Å². The Kier molecular flexibility index (Phi) is 3.02. The van der Waals surface area contributed by atoms with E-state index in [0.29, 0.717) is 11.8 Å². The first-order chi connectivity index (χ1) is 7.20. The van der Waals surface area contributed by atoms with Gasteiger partial charge in [0.2, 0.25) is 0 Å². The Morgan fingerprint density at radius 3 is 3.07 bits per heavy atom. The molecule has 1 saturated heterocycles. The quantitative estimate of drug-likeness (QED) is 0.726. The van der Waals surface area contributed by atoms with E-state index in [4.69, 9.17) is 4.74 Å². The van der Waals surface area contributed by atoms with Crippen molar-refractivity contribution >= 4 is 17.3 Å². The Morgan fingerprint density at radius 2 is 2.47 bits per heavy atom. The van der Waals surface area contributed by atoms with Gasteiger partial charge in [-0.05, 0) is 19.8 Å². The smallest absolute Gasteiger partial charge is 0.357 e. The third-order valence-electron chi connectivity index (χ3n) is 2.42.